The number of hydrogen-bond acceptors (Lipinski definition) is 6. The van der Waals surface area contributed by atoms with Crippen molar-refractivity contribution in [2.45, 2.75) is 23.7 Å². The van der Waals surface area contributed by atoms with E-state index in [1.165, 1.54) is 37.4 Å². The van der Waals surface area contributed by atoms with Gasteiger partial charge in [-0.3, -0.25) is 4.79 Å². The molecule has 1 amide bonds. The van der Waals surface area contributed by atoms with Crippen LogP contribution in [0.4, 0.5) is 18.9 Å². The summed E-state index contributed by atoms with van der Waals surface area (Å²) >= 11 is 0. The number of alkyl halides is 3. The highest BCUT2D eigenvalue weighted by Gasteiger charge is 2.32. The van der Waals surface area contributed by atoms with Crippen LogP contribution in [0.2, 0.25) is 0 Å². The van der Waals surface area contributed by atoms with Crippen molar-refractivity contribution < 1.29 is 40.6 Å². The Balaban J connectivity index is 1.88. The number of para-hydroxylation sites is 2. The number of methoxy groups -OCH3 is 1. The number of carbonyl (C=O) groups excluding carboxylic acids is 1. The van der Waals surface area contributed by atoms with Gasteiger partial charge >= 0.3 is 6.36 Å². The first kappa shape index (κ1) is 22.8. The van der Waals surface area contributed by atoms with E-state index < -0.39 is 34.1 Å². The van der Waals surface area contributed by atoms with Crippen LogP contribution in [0.5, 0.6) is 11.5 Å². The van der Waals surface area contributed by atoms with Gasteiger partial charge < -0.3 is 19.5 Å². The maximum absolute atomic E-state index is 12.8. The molecule has 0 aliphatic carbocycles. The average Bonchev–Trinajstić information content (AvgIpc) is 3.20. The van der Waals surface area contributed by atoms with Crippen LogP contribution >= 0.6 is 0 Å². The second kappa shape index (κ2) is 9.12. The van der Waals surface area contributed by atoms with E-state index in [2.05, 4.69) is 14.8 Å². The molecular weight excluding hydrogens is 441 g/mol. The van der Waals surface area contributed by atoms with Crippen LogP contribution in [-0.4, -0.2) is 47.1 Å². The molecule has 0 unspecified atom stereocenters. The lowest BCUT2D eigenvalue weighted by Crippen LogP contribution is -2.35. The molecule has 1 aliphatic heterocycles. The fourth-order valence-electron chi connectivity index (χ4n) is 2.92. The Morgan fingerprint density at radius 1 is 1.16 bits per heavy atom. The van der Waals surface area contributed by atoms with Gasteiger partial charge in [-0.1, -0.05) is 12.1 Å². The van der Waals surface area contributed by atoms with Gasteiger partial charge in [-0.25, -0.2) is 13.1 Å². The van der Waals surface area contributed by atoms with E-state index in [1.807, 2.05) is 0 Å². The minimum Gasteiger partial charge on any atom is -0.496 e. The second-order valence-electron chi connectivity index (χ2n) is 6.54. The summed E-state index contributed by atoms with van der Waals surface area (Å²) in [5.74, 6) is -1.46. The van der Waals surface area contributed by atoms with Gasteiger partial charge in [0.05, 0.1) is 29.9 Å². The topological polar surface area (TPSA) is 103 Å². The zero-order chi connectivity index (χ0) is 22.6. The van der Waals surface area contributed by atoms with Crippen LogP contribution in [0, 0.1) is 0 Å². The van der Waals surface area contributed by atoms with Gasteiger partial charge in [-0.2, -0.15) is 0 Å². The summed E-state index contributed by atoms with van der Waals surface area (Å²) in [7, 11) is -2.70. The number of sulfonamides is 1. The van der Waals surface area contributed by atoms with Crippen LogP contribution in [0.25, 0.3) is 0 Å². The monoisotopic (exact) mass is 460 g/mol. The molecule has 0 spiro atoms. The molecule has 0 saturated carbocycles. The highest BCUT2D eigenvalue weighted by Crippen LogP contribution is 2.31. The Morgan fingerprint density at radius 2 is 1.90 bits per heavy atom. The number of halogens is 3. The number of benzene rings is 2. The lowest BCUT2D eigenvalue weighted by Gasteiger charge is -2.16. The Labute approximate surface area is 176 Å². The molecule has 1 aliphatic rings. The molecule has 2 aromatic carbocycles. The van der Waals surface area contributed by atoms with Crippen molar-refractivity contribution >= 4 is 21.6 Å². The zero-order valence-electron chi connectivity index (χ0n) is 16.2. The number of carbonyl (C=O) groups is 1. The highest BCUT2D eigenvalue weighted by molar-refractivity contribution is 7.89. The summed E-state index contributed by atoms with van der Waals surface area (Å²) < 4.78 is 79.8. The summed E-state index contributed by atoms with van der Waals surface area (Å²) in [6.45, 7) is 0.668. The summed E-state index contributed by atoms with van der Waals surface area (Å²) in [6.07, 6.45) is -4.44. The first-order valence-electron chi connectivity index (χ1n) is 9.03. The van der Waals surface area contributed by atoms with Gasteiger partial charge in [0, 0.05) is 12.6 Å². The van der Waals surface area contributed by atoms with Gasteiger partial charge in [0.1, 0.15) is 5.75 Å². The molecular formula is C19H19F3N2O6S. The molecule has 1 heterocycles. The Hall–Kier alpha value is -2.83. The number of ether oxygens (including phenoxy) is 3. The molecule has 31 heavy (non-hydrogen) atoms. The van der Waals surface area contributed by atoms with Crippen molar-refractivity contribution in [3.63, 3.8) is 0 Å². The summed E-state index contributed by atoms with van der Waals surface area (Å²) in [6, 6.07) is 8.20. The van der Waals surface area contributed by atoms with E-state index in [-0.39, 0.29) is 28.5 Å². The molecule has 3 rings (SSSR count). The average molecular weight is 460 g/mol. The van der Waals surface area contributed by atoms with Gasteiger partial charge in [-0.15, -0.1) is 13.2 Å². The van der Waals surface area contributed by atoms with E-state index in [4.69, 9.17) is 9.47 Å². The van der Waals surface area contributed by atoms with Crippen molar-refractivity contribution in [2.75, 3.05) is 25.6 Å². The lowest BCUT2D eigenvalue weighted by molar-refractivity contribution is -0.274. The van der Waals surface area contributed by atoms with Gasteiger partial charge in [0.15, 0.2) is 5.75 Å². The van der Waals surface area contributed by atoms with Gasteiger partial charge in [-0.05, 0) is 36.8 Å². The molecule has 8 nitrogen and oxygen atoms in total. The van der Waals surface area contributed by atoms with Crippen LogP contribution < -0.4 is 19.5 Å². The number of amides is 1. The minimum atomic E-state index is -4.96. The quantitative estimate of drug-likeness (QED) is 0.659. The van der Waals surface area contributed by atoms with Crippen molar-refractivity contribution in [2.24, 2.45) is 0 Å². The summed E-state index contributed by atoms with van der Waals surface area (Å²) in [4.78, 5) is 12.6. The smallest absolute Gasteiger partial charge is 0.496 e. The lowest BCUT2D eigenvalue weighted by atomic mass is 10.1. The first-order valence-corrected chi connectivity index (χ1v) is 10.5. The summed E-state index contributed by atoms with van der Waals surface area (Å²) in [5.41, 5.74) is -0.434. The fraction of sp³-hybridized carbons (Fsp3) is 0.316. The van der Waals surface area contributed by atoms with Gasteiger partial charge in [0.2, 0.25) is 10.0 Å². The normalized spacial score (nSPS) is 16.7. The largest absolute Gasteiger partial charge is 0.573 e. The number of rotatable bonds is 7. The van der Waals surface area contributed by atoms with Crippen molar-refractivity contribution in [1.82, 2.24) is 4.72 Å². The third-order valence-corrected chi connectivity index (χ3v) is 5.86. The van der Waals surface area contributed by atoms with Crippen LogP contribution in [0.15, 0.2) is 47.4 Å². The fourth-order valence-corrected chi connectivity index (χ4v) is 4.20. The minimum absolute atomic E-state index is 0.0369. The number of nitrogens with one attached hydrogen (secondary N) is 2. The van der Waals surface area contributed by atoms with Gasteiger partial charge in [0.25, 0.3) is 5.91 Å². The molecule has 2 N–H and O–H groups in total. The summed E-state index contributed by atoms with van der Waals surface area (Å²) in [5, 5.41) is 2.30. The van der Waals surface area contributed by atoms with Crippen LogP contribution in [-0.2, 0) is 14.8 Å². The molecule has 0 radical (unpaired) electrons. The Kier molecular flexibility index (Phi) is 6.72. The third-order valence-electron chi connectivity index (χ3n) is 4.34. The van der Waals surface area contributed by atoms with Crippen LogP contribution in [0.1, 0.15) is 16.8 Å². The third kappa shape index (κ3) is 5.87. The van der Waals surface area contributed by atoms with E-state index in [9.17, 15) is 26.4 Å². The predicted octanol–water partition coefficient (Wildman–Crippen LogP) is 2.91. The Morgan fingerprint density at radius 3 is 2.55 bits per heavy atom. The van der Waals surface area contributed by atoms with E-state index in [1.54, 1.807) is 0 Å². The molecule has 1 saturated heterocycles. The van der Waals surface area contributed by atoms with E-state index >= 15 is 0 Å². The van der Waals surface area contributed by atoms with Crippen molar-refractivity contribution in [3.8, 4) is 11.5 Å². The standard InChI is InChI=1S/C19H19F3N2O6S/c1-28-16-7-6-13(31(26,27)24-12-8-9-29-11-12)10-14(16)18(25)23-15-4-2-3-5-17(15)30-19(20,21)22/h2-7,10,12,24H,8-9,11H2,1H3,(H,23,25)/t12-/m0/s1. The molecule has 0 bridgehead atoms. The molecule has 168 valence electrons. The Bertz CT molecular complexity index is 1050. The SMILES string of the molecule is COc1ccc(S(=O)(=O)N[C@H]2CCOC2)cc1C(=O)Nc1ccccc1OC(F)(F)F. The molecule has 1 atom stereocenters. The maximum atomic E-state index is 12.8. The molecule has 12 heteroatoms. The zero-order valence-corrected chi connectivity index (χ0v) is 17.0. The molecule has 2 aromatic rings. The number of anilines is 1. The second-order valence-corrected chi connectivity index (χ2v) is 8.26. The maximum Gasteiger partial charge on any atom is 0.573 e. The first-order chi connectivity index (χ1) is 14.6. The van der Waals surface area contributed by atoms with Crippen molar-refractivity contribution in [3.05, 3.63) is 48.0 Å². The van der Waals surface area contributed by atoms with Crippen LogP contribution in [0.3, 0.4) is 0 Å². The van der Waals surface area contributed by atoms with Crippen molar-refractivity contribution in [1.29, 1.82) is 0 Å². The predicted molar refractivity (Wildman–Crippen MR) is 104 cm³/mol. The molecule has 1 fully saturated rings. The van der Waals surface area contributed by atoms with E-state index in [0.29, 0.717) is 13.0 Å². The molecule has 0 aromatic heterocycles. The van der Waals surface area contributed by atoms with E-state index in [0.717, 1.165) is 12.1 Å². The highest BCUT2D eigenvalue weighted by atomic mass is 32.2. The number of hydrogen-bond donors (Lipinski definition) is 2.